The van der Waals surface area contributed by atoms with Gasteiger partial charge in [-0.15, -0.1) is 0 Å². The number of hydrogen-bond donors (Lipinski definition) is 1. The van der Waals surface area contributed by atoms with Crippen molar-refractivity contribution in [2.45, 2.75) is 13.0 Å². The summed E-state index contributed by atoms with van der Waals surface area (Å²) in [5.74, 6) is 0. The van der Waals surface area contributed by atoms with E-state index >= 15 is 0 Å². The molecule has 0 aliphatic rings. The summed E-state index contributed by atoms with van der Waals surface area (Å²) in [6.45, 7) is 1.99. The minimum absolute atomic E-state index is 0.0547. The van der Waals surface area contributed by atoms with Crippen LogP contribution in [0.1, 0.15) is 18.5 Å². The highest BCUT2D eigenvalue weighted by molar-refractivity contribution is 5.82. The molecule has 2 rings (SSSR count). The number of aromatic nitrogens is 2. The Morgan fingerprint density at radius 3 is 2.92 bits per heavy atom. The molecule has 1 atom stereocenters. The summed E-state index contributed by atoms with van der Waals surface area (Å²) < 4.78 is 1.87. The Labute approximate surface area is 77.2 Å². The minimum Gasteiger partial charge on any atom is -0.324 e. The van der Waals surface area contributed by atoms with Gasteiger partial charge in [-0.2, -0.15) is 5.10 Å². The SMILES string of the molecule is C[C@@H](N)c1cccc2cnn(C)c12. The number of benzene rings is 1. The van der Waals surface area contributed by atoms with Crippen molar-refractivity contribution in [2.24, 2.45) is 12.8 Å². The third kappa shape index (κ3) is 1.21. The van der Waals surface area contributed by atoms with Gasteiger partial charge in [0.25, 0.3) is 0 Å². The molecule has 3 heteroatoms. The smallest absolute Gasteiger partial charge is 0.0726 e. The second-order valence-electron chi connectivity index (χ2n) is 3.34. The summed E-state index contributed by atoms with van der Waals surface area (Å²) in [6.07, 6.45) is 1.86. The van der Waals surface area contributed by atoms with Crippen LogP contribution >= 0.6 is 0 Å². The highest BCUT2D eigenvalue weighted by Crippen LogP contribution is 2.21. The molecule has 0 aliphatic carbocycles. The second kappa shape index (κ2) is 2.85. The molecule has 2 aromatic rings. The first-order valence-electron chi connectivity index (χ1n) is 4.36. The van der Waals surface area contributed by atoms with Gasteiger partial charge in [0.05, 0.1) is 11.7 Å². The van der Waals surface area contributed by atoms with Crippen molar-refractivity contribution < 1.29 is 0 Å². The number of nitrogens with two attached hydrogens (primary N) is 1. The van der Waals surface area contributed by atoms with Crippen LogP contribution in [0.15, 0.2) is 24.4 Å². The van der Waals surface area contributed by atoms with Crippen molar-refractivity contribution in [3.05, 3.63) is 30.0 Å². The number of fused-ring (bicyclic) bond motifs is 1. The van der Waals surface area contributed by atoms with Crippen LogP contribution in [0, 0.1) is 0 Å². The van der Waals surface area contributed by atoms with E-state index < -0.39 is 0 Å². The Balaban J connectivity index is 2.80. The monoisotopic (exact) mass is 175 g/mol. The van der Waals surface area contributed by atoms with Gasteiger partial charge in [-0.05, 0) is 12.5 Å². The summed E-state index contributed by atoms with van der Waals surface area (Å²) in [4.78, 5) is 0. The molecule has 0 saturated heterocycles. The molecule has 0 spiro atoms. The van der Waals surface area contributed by atoms with Gasteiger partial charge in [0.15, 0.2) is 0 Å². The van der Waals surface area contributed by atoms with E-state index in [-0.39, 0.29) is 6.04 Å². The normalized spacial score (nSPS) is 13.5. The largest absolute Gasteiger partial charge is 0.324 e. The van der Waals surface area contributed by atoms with E-state index in [0.717, 1.165) is 16.5 Å². The Kier molecular flexibility index (Phi) is 1.81. The zero-order chi connectivity index (χ0) is 9.42. The van der Waals surface area contributed by atoms with Crippen molar-refractivity contribution >= 4 is 10.9 Å². The van der Waals surface area contributed by atoms with Crippen LogP contribution < -0.4 is 5.73 Å². The lowest BCUT2D eigenvalue weighted by atomic mass is 10.1. The first-order valence-corrected chi connectivity index (χ1v) is 4.36. The lowest BCUT2D eigenvalue weighted by Crippen LogP contribution is -2.07. The fraction of sp³-hybridized carbons (Fsp3) is 0.300. The lowest BCUT2D eigenvalue weighted by Gasteiger charge is -2.07. The van der Waals surface area contributed by atoms with Crippen LogP contribution in [0.5, 0.6) is 0 Å². The first-order chi connectivity index (χ1) is 6.20. The van der Waals surface area contributed by atoms with Gasteiger partial charge in [0, 0.05) is 18.5 Å². The van der Waals surface area contributed by atoms with E-state index in [4.69, 9.17) is 5.73 Å². The lowest BCUT2D eigenvalue weighted by molar-refractivity contribution is 0.769. The zero-order valence-corrected chi connectivity index (χ0v) is 7.86. The van der Waals surface area contributed by atoms with Crippen molar-refractivity contribution in [3.63, 3.8) is 0 Å². The second-order valence-corrected chi connectivity index (χ2v) is 3.34. The quantitative estimate of drug-likeness (QED) is 0.715. The Morgan fingerprint density at radius 1 is 1.46 bits per heavy atom. The molecule has 0 radical (unpaired) electrons. The molecule has 0 aliphatic heterocycles. The van der Waals surface area contributed by atoms with E-state index in [1.54, 1.807) is 0 Å². The minimum atomic E-state index is 0.0547. The summed E-state index contributed by atoms with van der Waals surface area (Å²) >= 11 is 0. The molecule has 0 fully saturated rings. The molecule has 0 unspecified atom stereocenters. The predicted octanol–water partition coefficient (Wildman–Crippen LogP) is 1.59. The van der Waals surface area contributed by atoms with Crippen molar-refractivity contribution in [3.8, 4) is 0 Å². The molecule has 0 amide bonds. The van der Waals surface area contributed by atoms with E-state index in [2.05, 4.69) is 11.2 Å². The predicted molar refractivity (Wildman–Crippen MR) is 53.3 cm³/mol. The standard InChI is InChI=1S/C10H13N3/c1-7(11)9-5-3-4-8-6-12-13(2)10(8)9/h3-7H,11H2,1-2H3/t7-/m1/s1. The number of nitrogens with zero attached hydrogens (tertiary/aromatic N) is 2. The number of hydrogen-bond acceptors (Lipinski definition) is 2. The van der Waals surface area contributed by atoms with E-state index in [1.807, 2.05) is 37.0 Å². The van der Waals surface area contributed by atoms with Crippen molar-refractivity contribution in [1.29, 1.82) is 0 Å². The fourth-order valence-corrected chi connectivity index (χ4v) is 1.63. The highest BCUT2D eigenvalue weighted by atomic mass is 15.2. The molecular weight excluding hydrogens is 162 g/mol. The Hall–Kier alpha value is -1.35. The van der Waals surface area contributed by atoms with Crippen LogP contribution in [-0.4, -0.2) is 9.78 Å². The average molecular weight is 175 g/mol. The summed E-state index contributed by atoms with van der Waals surface area (Å²) in [5.41, 5.74) is 8.15. The van der Waals surface area contributed by atoms with Crippen molar-refractivity contribution in [2.75, 3.05) is 0 Å². The van der Waals surface area contributed by atoms with E-state index in [9.17, 15) is 0 Å². The van der Waals surface area contributed by atoms with Gasteiger partial charge in [-0.1, -0.05) is 18.2 Å². The van der Waals surface area contributed by atoms with E-state index in [1.165, 1.54) is 0 Å². The maximum Gasteiger partial charge on any atom is 0.0726 e. The van der Waals surface area contributed by atoms with Gasteiger partial charge < -0.3 is 5.73 Å². The maximum absolute atomic E-state index is 5.87. The topological polar surface area (TPSA) is 43.8 Å². The molecule has 1 aromatic heterocycles. The summed E-state index contributed by atoms with van der Waals surface area (Å²) in [7, 11) is 1.94. The molecule has 3 nitrogen and oxygen atoms in total. The van der Waals surface area contributed by atoms with Gasteiger partial charge >= 0.3 is 0 Å². The molecule has 1 aromatic carbocycles. The third-order valence-corrected chi connectivity index (χ3v) is 2.28. The molecule has 13 heavy (non-hydrogen) atoms. The fourth-order valence-electron chi connectivity index (χ4n) is 1.63. The number of aryl methyl sites for hydroxylation is 1. The molecule has 0 bridgehead atoms. The summed E-state index contributed by atoms with van der Waals surface area (Å²) in [5, 5.41) is 5.35. The third-order valence-electron chi connectivity index (χ3n) is 2.28. The Morgan fingerprint density at radius 2 is 2.23 bits per heavy atom. The first kappa shape index (κ1) is 8.26. The van der Waals surface area contributed by atoms with E-state index in [0.29, 0.717) is 0 Å². The highest BCUT2D eigenvalue weighted by Gasteiger charge is 2.07. The van der Waals surface area contributed by atoms with Gasteiger partial charge in [0.2, 0.25) is 0 Å². The summed E-state index contributed by atoms with van der Waals surface area (Å²) in [6, 6.07) is 6.17. The average Bonchev–Trinajstić information content (AvgIpc) is 2.48. The molecule has 68 valence electrons. The molecule has 0 saturated carbocycles. The maximum atomic E-state index is 5.87. The number of rotatable bonds is 1. The van der Waals surface area contributed by atoms with Crippen LogP contribution in [0.4, 0.5) is 0 Å². The van der Waals surface area contributed by atoms with Gasteiger partial charge in [0.1, 0.15) is 0 Å². The number of para-hydroxylation sites is 1. The molecule has 1 heterocycles. The van der Waals surface area contributed by atoms with Crippen LogP contribution in [0.3, 0.4) is 0 Å². The van der Waals surface area contributed by atoms with Gasteiger partial charge in [-0.3, -0.25) is 4.68 Å². The Bertz CT molecular complexity index is 429. The van der Waals surface area contributed by atoms with Crippen LogP contribution in [0.2, 0.25) is 0 Å². The van der Waals surface area contributed by atoms with Crippen molar-refractivity contribution in [1.82, 2.24) is 9.78 Å². The van der Waals surface area contributed by atoms with Crippen LogP contribution in [-0.2, 0) is 7.05 Å². The zero-order valence-electron chi connectivity index (χ0n) is 7.86. The van der Waals surface area contributed by atoms with Gasteiger partial charge in [-0.25, -0.2) is 0 Å². The molecule has 2 N–H and O–H groups in total. The van der Waals surface area contributed by atoms with Crippen LogP contribution in [0.25, 0.3) is 10.9 Å². The molecular formula is C10H13N3.